The van der Waals surface area contributed by atoms with Gasteiger partial charge >= 0.3 is 0 Å². The average molecular weight is 441 g/mol. The molecule has 0 N–H and O–H groups in total. The molecule has 8 nitrogen and oxygen atoms in total. The van der Waals surface area contributed by atoms with Crippen molar-refractivity contribution in [3.05, 3.63) is 54.2 Å². The van der Waals surface area contributed by atoms with Gasteiger partial charge < -0.3 is 9.26 Å². The van der Waals surface area contributed by atoms with E-state index in [9.17, 15) is 8.42 Å². The molecule has 1 aromatic carbocycles. The van der Waals surface area contributed by atoms with Crippen molar-refractivity contribution in [1.29, 1.82) is 0 Å². The number of aromatic nitrogens is 3. The Balaban J connectivity index is 1.27. The number of ether oxygens (including phenoxy) is 1. The topological polar surface area (TPSA) is 98.4 Å². The number of rotatable bonds is 5. The van der Waals surface area contributed by atoms with Crippen molar-refractivity contribution in [2.75, 3.05) is 20.2 Å². The highest BCUT2D eigenvalue weighted by molar-refractivity contribution is 7.89. The first-order valence-electron chi connectivity index (χ1n) is 10.3. The molecule has 2 aliphatic rings. The Bertz CT molecular complexity index is 1200. The number of nitrogens with zero attached hydrogens (tertiary/aromatic N) is 4. The van der Waals surface area contributed by atoms with E-state index in [4.69, 9.17) is 9.26 Å². The van der Waals surface area contributed by atoms with Crippen LogP contribution in [0.4, 0.5) is 0 Å². The van der Waals surface area contributed by atoms with Crippen molar-refractivity contribution in [3.63, 3.8) is 0 Å². The molecule has 0 radical (unpaired) electrons. The second-order valence-electron chi connectivity index (χ2n) is 8.35. The maximum absolute atomic E-state index is 13.1. The normalized spacial score (nSPS) is 20.6. The van der Waals surface area contributed by atoms with Gasteiger partial charge in [0, 0.05) is 37.0 Å². The zero-order valence-electron chi connectivity index (χ0n) is 17.5. The molecule has 1 atom stereocenters. The summed E-state index contributed by atoms with van der Waals surface area (Å²) >= 11 is 0. The minimum atomic E-state index is -3.53. The highest BCUT2D eigenvalue weighted by Gasteiger charge is 2.59. The molecule has 0 bridgehead atoms. The van der Waals surface area contributed by atoms with Gasteiger partial charge in [-0.05, 0) is 67.5 Å². The van der Waals surface area contributed by atoms with Crippen molar-refractivity contribution in [2.24, 2.45) is 5.41 Å². The van der Waals surface area contributed by atoms with Crippen LogP contribution in [0.2, 0.25) is 0 Å². The number of hydrogen-bond acceptors (Lipinski definition) is 7. The van der Waals surface area contributed by atoms with E-state index in [1.54, 1.807) is 42.0 Å². The second-order valence-corrected chi connectivity index (χ2v) is 10.3. The molecule has 1 saturated heterocycles. The maximum atomic E-state index is 13.1. The summed E-state index contributed by atoms with van der Waals surface area (Å²) in [6, 6.07) is 8.74. The highest BCUT2D eigenvalue weighted by atomic mass is 32.2. The number of sulfonamides is 1. The van der Waals surface area contributed by atoms with E-state index >= 15 is 0 Å². The summed E-state index contributed by atoms with van der Waals surface area (Å²) in [6.45, 7) is 2.84. The van der Waals surface area contributed by atoms with Gasteiger partial charge in [-0.2, -0.15) is 9.29 Å². The molecule has 162 valence electrons. The molecule has 0 amide bonds. The Labute approximate surface area is 181 Å². The summed E-state index contributed by atoms with van der Waals surface area (Å²) in [5.74, 6) is 2.06. The van der Waals surface area contributed by atoms with E-state index < -0.39 is 10.0 Å². The van der Waals surface area contributed by atoms with Crippen LogP contribution in [-0.4, -0.2) is 48.0 Å². The van der Waals surface area contributed by atoms with Gasteiger partial charge in [0.1, 0.15) is 5.75 Å². The van der Waals surface area contributed by atoms with Gasteiger partial charge in [0.25, 0.3) is 0 Å². The zero-order valence-corrected chi connectivity index (χ0v) is 18.3. The van der Waals surface area contributed by atoms with Crippen LogP contribution < -0.4 is 4.74 Å². The van der Waals surface area contributed by atoms with Crippen LogP contribution in [0.5, 0.6) is 5.75 Å². The first-order valence-corrected chi connectivity index (χ1v) is 11.8. The zero-order chi connectivity index (χ0) is 21.6. The van der Waals surface area contributed by atoms with Crippen LogP contribution in [0.25, 0.3) is 11.4 Å². The molecule has 1 aliphatic heterocycles. The molecule has 1 spiro atoms. The van der Waals surface area contributed by atoms with Gasteiger partial charge in [-0.15, -0.1) is 0 Å². The van der Waals surface area contributed by atoms with Gasteiger partial charge in [-0.3, -0.25) is 4.98 Å². The molecule has 1 aliphatic carbocycles. The molecule has 3 heterocycles. The van der Waals surface area contributed by atoms with Gasteiger partial charge in [0.2, 0.25) is 21.7 Å². The van der Waals surface area contributed by atoms with E-state index in [1.165, 1.54) is 0 Å². The van der Waals surface area contributed by atoms with Gasteiger partial charge in [-0.25, -0.2) is 8.42 Å². The summed E-state index contributed by atoms with van der Waals surface area (Å²) in [5, 5.41) is 4.10. The molecule has 2 fully saturated rings. The number of methoxy groups -OCH3 is 1. The van der Waals surface area contributed by atoms with E-state index in [-0.39, 0.29) is 11.3 Å². The molecular weight excluding hydrogens is 416 g/mol. The molecule has 1 unspecified atom stereocenters. The smallest absolute Gasteiger partial charge is 0.243 e. The molecular formula is C22H24N4O4S. The lowest BCUT2D eigenvalue weighted by molar-refractivity contribution is 0.242. The predicted molar refractivity (Wildman–Crippen MR) is 113 cm³/mol. The Morgan fingerprint density at radius 2 is 2.03 bits per heavy atom. The van der Waals surface area contributed by atoms with Crippen molar-refractivity contribution in [1.82, 2.24) is 19.4 Å². The molecule has 9 heteroatoms. The van der Waals surface area contributed by atoms with Gasteiger partial charge in [0.15, 0.2) is 0 Å². The Morgan fingerprint density at radius 1 is 1.23 bits per heavy atom. The molecule has 2 aromatic heterocycles. The lowest BCUT2D eigenvalue weighted by atomic mass is 9.92. The third-order valence-corrected chi connectivity index (χ3v) is 8.47. The van der Waals surface area contributed by atoms with Crippen LogP contribution in [-0.2, 0) is 10.0 Å². The largest absolute Gasteiger partial charge is 0.496 e. The fourth-order valence-electron chi connectivity index (χ4n) is 4.57. The summed E-state index contributed by atoms with van der Waals surface area (Å²) in [7, 11) is -1.95. The van der Waals surface area contributed by atoms with Crippen molar-refractivity contribution in [3.8, 4) is 17.1 Å². The third kappa shape index (κ3) is 3.51. The quantitative estimate of drug-likeness (QED) is 0.599. The SMILES string of the molecule is COc1ccc(S(=O)(=O)N2CCC3(CC2)CC3c2nc(-c3cccnc3)no2)cc1C. The van der Waals surface area contributed by atoms with Crippen LogP contribution in [0.1, 0.15) is 36.6 Å². The number of pyridine rings is 1. The molecule has 5 rings (SSSR count). The maximum Gasteiger partial charge on any atom is 0.243 e. The summed E-state index contributed by atoms with van der Waals surface area (Å²) in [4.78, 5) is 8.98. The lowest BCUT2D eigenvalue weighted by Gasteiger charge is -2.32. The molecule has 3 aromatic rings. The van der Waals surface area contributed by atoms with Crippen LogP contribution in [0.15, 0.2) is 52.1 Å². The Kier molecular flexibility index (Phi) is 4.82. The predicted octanol–water partition coefficient (Wildman–Crippen LogP) is 3.41. The molecule has 31 heavy (non-hydrogen) atoms. The number of piperidine rings is 1. The van der Waals surface area contributed by atoms with Crippen molar-refractivity contribution in [2.45, 2.75) is 37.0 Å². The van der Waals surface area contributed by atoms with E-state index in [2.05, 4.69) is 15.1 Å². The van der Waals surface area contributed by atoms with E-state index in [1.807, 2.05) is 19.1 Å². The average Bonchev–Trinajstić information content (AvgIpc) is 3.25. The lowest BCUT2D eigenvalue weighted by Crippen LogP contribution is -2.39. The van der Waals surface area contributed by atoms with E-state index in [0.29, 0.717) is 35.4 Å². The second kappa shape index (κ2) is 7.42. The number of hydrogen-bond donors (Lipinski definition) is 0. The molecule has 1 saturated carbocycles. The highest BCUT2D eigenvalue weighted by Crippen LogP contribution is 2.64. The van der Waals surface area contributed by atoms with E-state index in [0.717, 1.165) is 30.4 Å². The number of benzene rings is 1. The minimum Gasteiger partial charge on any atom is -0.496 e. The standard InChI is InChI=1S/C22H24N4O4S/c1-15-12-17(5-6-19(15)29-2)31(27,28)26-10-7-22(8-11-26)13-18(22)21-24-20(25-30-21)16-4-3-9-23-14-16/h3-6,9,12,14,18H,7-8,10-11,13H2,1-2H3. The minimum absolute atomic E-state index is 0.0561. The van der Waals surface area contributed by atoms with Crippen LogP contribution in [0.3, 0.4) is 0 Å². The Hall–Kier alpha value is -2.78. The van der Waals surface area contributed by atoms with Crippen molar-refractivity contribution < 1.29 is 17.7 Å². The monoisotopic (exact) mass is 440 g/mol. The fourth-order valence-corrected chi connectivity index (χ4v) is 6.10. The first-order chi connectivity index (χ1) is 14.9. The third-order valence-electron chi connectivity index (χ3n) is 6.57. The van der Waals surface area contributed by atoms with Gasteiger partial charge in [-0.1, -0.05) is 5.16 Å². The van der Waals surface area contributed by atoms with Crippen LogP contribution in [0, 0.1) is 12.3 Å². The fraction of sp³-hybridized carbons (Fsp3) is 0.409. The van der Waals surface area contributed by atoms with Crippen LogP contribution >= 0.6 is 0 Å². The summed E-state index contributed by atoms with van der Waals surface area (Å²) in [6.07, 6.45) is 5.95. The van der Waals surface area contributed by atoms with Gasteiger partial charge in [0.05, 0.1) is 12.0 Å². The first kappa shape index (κ1) is 20.1. The number of aryl methyl sites for hydroxylation is 1. The summed E-state index contributed by atoms with van der Waals surface area (Å²) < 4.78 is 38.6. The summed E-state index contributed by atoms with van der Waals surface area (Å²) in [5.41, 5.74) is 1.68. The van der Waals surface area contributed by atoms with Crippen molar-refractivity contribution >= 4 is 10.0 Å². The Morgan fingerprint density at radius 3 is 2.71 bits per heavy atom.